The Balaban J connectivity index is 0. The van der Waals surface area contributed by atoms with Crippen LogP contribution in [0.1, 0.15) is 0 Å². The Kier molecular flexibility index (Phi) is 11.4. The van der Waals surface area contributed by atoms with E-state index in [-0.39, 0.29) is 18.5 Å². The number of carbonyl (C=O) groups excluding carboxylic acids is 2. The fraction of sp³-hybridized carbons (Fsp3) is 0.143. The van der Waals surface area contributed by atoms with Crippen molar-refractivity contribution >= 4 is 20.1 Å². The molecule has 15 heavy (non-hydrogen) atoms. The fourth-order valence-corrected chi connectivity index (χ4v) is 0.363. The largest absolute Gasteiger partial charge is 0.335 e. The van der Waals surface area contributed by atoms with E-state index < -0.39 is 8.25 Å². The van der Waals surface area contributed by atoms with Crippen LogP contribution in [0.5, 0.6) is 0 Å². The molecule has 0 saturated carbocycles. The van der Waals surface area contributed by atoms with Gasteiger partial charge in [-0.1, -0.05) is 13.2 Å². The van der Waals surface area contributed by atoms with Gasteiger partial charge in [0.2, 0.25) is 11.8 Å². The van der Waals surface area contributed by atoms with E-state index in [2.05, 4.69) is 23.8 Å². The molecule has 0 radical (unpaired) electrons. The molecule has 7 nitrogen and oxygen atoms in total. The van der Waals surface area contributed by atoms with Gasteiger partial charge in [0.05, 0.1) is 6.67 Å². The van der Waals surface area contributed by atoms with Crippen LogP contribution in [-0.4, -0.2) is 28.3 Å². The number of carbonyl (C=O) groups is 2. The third-order valence-electron chi connectivity index (χ3n) is 0.896. The molecule has 2 amide bonds. The summed E-state index contributed by atoms with van der Waals surface area (Å²) < 4.78 is 8.74. The molecule has 0 rings (SSSR count). The Morgan fingerprint density at radius 3 is 1.60 bits per heavy atom. The van der Waals surface area contributed by atoms with E-state index in [1.807, 2.05) is 0 Å². The van der Waals surface area contributed by atoms with Crippen LogP contribution < -0.4 is 10.6 Å². The first kappa shape index (κ1) is 16.0. The van der Waals surface area contributed by atoms with Crippen molar-refractivity contribution in [3.05, 3.63) is 25.3 Å². The predicted octanol–water partition coefficient (Wildman–Crippen LogP) is -1.09. The monoisotopic (exact) mass is 236 g/mol. The van der Waals surface area contributed by atoms with Crippen LogP contribution in [0.3, 0.4) is 0 Å². The Hall–Kier alpha value is -1.43. The summed E-state index contributed by atoms with van der Waals surface area (Å²) in [4.78, 5) is 35.3. The van der Waals surface area contributed by atoms with E-state index in [1.165, 1.54) is 0 Å². The van der Waals surface area contributed by atoms with Crippen LogP contribution in [0.15, 0.2) is 25.3 Å². The molecular weight excluding hydrogens is 223 g/mol. The van der Waals surface area contributed by atoms with Crippen LogP contribution in [0.25, 0.3) is 0 Å². The Labute approximate surface area is 87.4 Å². The highest BCUT2D eigenvalue weighted by Gasteiger charge is 1.93. The number of hydrogen-bond donors (Lipinski definition) is 4. The molecule has 0 aliphatic carbocycles. The molecule has 0 saturated heterocycles. The molecule has 0 aromatic rings. The lowest BCUT2D eigenvalue weighted by molar-refractivity contribution is -0.118. The van der Waals surface area contributed by atoms with Gasteiger partial charge in [0.15, 0.2) is 0 Å². The van der Waals surface area contributed by atoms with Crippen LogP contribution >= 0.6 is 8.25 Å². The summed E-state index contributed by atoms with van der Waals surface area (Å²) >= 11 is 0. The van der Waals surface area contributed by atoms with Crippen molar-refractivity contribution in [3.8, 4) is 0 Å². The Morgan fingerprint density at radius 1 is 1.13 bits per heavy atom. The van der Waals surface area contributed by atoms with Crippen molar-refractivity contribution in [2.75, 3.05) is 6.67 Å². The van der Waals surface area contributed by atoms with E-state index in [9.17, 15) is 9.59 Å². The topological polar surface area (TPSA) is 116 Å². The zero-order valence-electron chi connectivity index (χ0n) is 7.90. The van der Waals surface area contributed by atoms with Crippen molar-refractivity contribution in [1.29, 1.82) is 0 Å². The molecule has 86 valence electrons. The summed E-state index contributed by atoms with van der Waals surface area (Å²) in [5.74, 6) is -0.649. The highest BCUT2D eigenvalue weighted by molar-refractivity contribution is 7.30. The number of hydrogen-bond acceptors (Lipinski definition) is 3. The molecule has 0 aromatic heterocycles. The standard InChI is InChI=1S/C7H10N2O2.H3O3P/c1-3-6(10)8-5-9-7(11)4-2;1-4(2)3/h3-4H,1-2,5H2,(H,8,10)(H,9,11);4H,(H2,1,2,3). The lowest BCUT2D eigenvalue weighted by atomic mass is 10.5. The van der Waals surface area contributed by atoms with Crippen molar-refractivity contribution in [2.45, 2.75) is 0 Å². The number of rotatable bonds is 4. The zero-order chi connectivity index (χ0) is 12.3. The number of nitrogens with one attached hydrogen (secondary N) is 2. The minimum Gasteiger partial charge on any atom is -0.335 e. The fourth-order valence-electron chi connectivity index (χ4n) is 0.363. The average molecular weight is 236 g/mol. The second kappa shape index (κ2) is 10.6. The van der Waals surface area contributed by atoms with Crippen LogP contribution in [0.2, 0.25) is 0 Å². The average Bonchev–Trinajstić information content (AvgIpc) is 2.16. The van der Waals surface area contributed by atoms with Gasteiger partial charge in [0, 0.05) is 0 Å². The SMILES string of the molecule is C=CC(=O)NCNC(=O)C=C.O=[PH](O)O. The predicted molar refractivity (Wildman–Crippen MR) is 55.0 cm³/mol. The first-order valence-corrected chi connectivity index (χ1v) is 4.96. The molecule has 0 atom stereocenters. The maximum atomic E-state index is 10.5. The molecular formula is C7H13N2O5P. The van der Waals surface area contributed by atoms with E-state index in [0.717, 1.165) is 12.2 Å². The number of amides is 2. The third-order valence-corrected chi connectivity index (χ3v) is 0.896. The molecule has 0 heterocycles. The van der Waals surface area contributed by atoms with Crippen LogP contribution in [0, 0.1) is 0 Å². The smallest absolute Gasteiger partial charge is 0.314 e. The second-order valence-electron chi connectivity index (χ2n) is 1.95. The third kappa shape index (κ3) is 19.1. The molecule has 0 bridgehead atoms. The minimum atomic E-state index is -3.13. The molecule has 0 unspecified atom stereocenters. The molecule has 0 aliphatic rings. The summed E-state index contributed by atoms with van der Waals surface area (Å²) in [6.45, 7) is 6.56. The highest BCUT2D eigenvalue weighted by atomic mass is 31.1. The van der Waals surface area contributed by atoms with Crippen molar-refractivity contribution in [1.82, 2.24) is 10.6 Å². The van der Waals surface area contributed by atoms with Gasteiger partial charge in [0.25, 0.3) is 0 Å². The van der Waals surface area contributed by atoms with E-state index in [4.69, 9.17) is 14.4 Å². The molecule has 0 aromatic carbocycles. The maximum Gasteiger partial charge on any atom is 0.314 e. The van der Waals surface area contributed by atoms with Crippen molar-refractivity contribution in [2.24, 2.45) is 0 Å². The quantitative estimate of drug-likeness (QED) is 0.281. The second-order valence-corrected chi connectivity index (χ2v) is 2.51. The summed E-state index contributed by atoms with van der Waals surface area (Å²) in [6, 6.07) is 0. The van der Waals surface area contributed by atoms with Gasteiger partial charge in [-0.25, -0.2) is 0 Å². The summed E-state index contributed by atoms with van der Waals surface area (Å²) in [5.41, 5.74) is 0. The lowest BCUT2D eigenvalue weighted by Crippen LogP contribution is -2.35. The van der Waals surface area contributed by atoms with E-state index in [1.54, 1.807) is 0 Å². The van der Waals surface area contributed by atoms with Crippen LogP contribution in [0.4, 0.5) is 0 Å². The lowest BCUT2D eigenvalue weighted by Gasteiger charge is -2.01. The summed E-state index contributed by atoms with van der Waals surface area (Å²) in [6.07, 6.45) is 2.25. The highest BCUT2D eigenvalue weighted by Crippen LogP contribution is 1.98. The van der Waals surface area contributed by atoms with Gasteiger partial charge in [-0.15, -0.1) is 0 Å². The Bertz CT molecular complexity index is 242. The first-order valence-electron chi connectivity index (χ1n) is 3.66. The molecule has 4 N–H and O–H groups in total. The summed E-state index contributed by atoms with van der Waals surface area (Å²) in [5, 5.41) is 4.72. The van der Waals surface area contributed by atoms with E-state index >= 15 is 0 Å². The Morgan fingerprint density at radius 2 is 1.40 bits per heavy atom. The maximum absolute atomic E-state index is 10.5. The van der Waals surface area contributed by atoms with Gasteiger partial charge in [-0.2, -0.15) is 0 Å². The van der Waals surface area contributed by atoms with Crippen LogP contribution in [-0.2, 0) is 14.2 Å². The van der Waals surface area contributed by atoms with Gasteiger partial charge < -0.3 is 20.4 Å². The van der Waals surface area contributed by atoms with Crippen molar-refractivity contribution < 1.29 is 23.9 Å². The zero-order valence-corrected chi connectivity index (χ0v) is 8.90. The molecule has 0 spiro atoms. The van der Waals surface area contributed by atoms with Gasteiger partial charge >= 0.3 is 8.25 Å². The minimum absolute atomic E-state index is 0.0930. The first-order chi connectivity index (χ1) is 6.93. The molecule has 0 aliphatic heterocycles. The summed E-state index contributed by atoms with van der Waals surface area (Å²) in [7, 11) is -3.13. The van der Waals surface area contributed by atoms with Gasteiger partial charge in [0.1, 0.15) is 0 Å². The van der Waals surface area contributed by atoms with E-state index in [0.29, 0.717) is 0 Å². The van der Waals surface area contributed by atoms with Gasteiger partial charge in [-0.3, -0.25) is 14.2 Å². The molecule has 0 fully saturated rings. The normalized spacial score (nSPS) is 8.20. The molecule has 8 heteroatoms. The van der Waals surface area contributed by atoms with Crippen molar-refractivity contribution in [3.63, 3.8) is 0 Å². The van der Waals surface area contributed by atoms with Gasteiger partial charge in [-0.05, 0) is 12.2 Å².